The van der Waals surface area contributed by atoms with Crippen molar-refractivity contribution in [2.75, 3.05) is 12.9 Å². The van der Waals surface area contributed by atoms with Crippen LogP contribution >= 0.6 is 23.4 Å². The van der Waals surface area contributed by atoms with Crippen molar-refractivity contribution in [1.82, 2.24) is 20.1 Å². The van der Waals surface area contributed by atoms with Gasteiger partial charge in [0.15, 0.2) is 11.0 Å². The van der Waals surface area contributed by atoms with Gasteiger partial charge in [0.1, 0.15) is 5.75 Å². The highest BCUT2D eigenvalue weighted by Crippen LogP contribution is 2.28. The zero-order chi connectivity index (χ0) is 22.3. The van der Waals surface area contributed by atoms with Crippen molar-refractivity contribution in [3.63, 3.8) is 0 Å². The lowest BCUT2D eigenvalue weighted by molar-refractivity contribution is -0.118. The van der Waals surface area contributed by atoms with E-state index in [4.69, 9.17) is 16.3 Å². The molecule has 0 radical (unpaired) electrons. The summed E-state index contributed by atoms with van der Waals surface area (Å²) in [6, 6.07) is 24.9. The van der Waals surface area contributed by atoms with E-state index in [0.29, 0.717) is 22.5 Å². The number of carbonyl (C=O) groups excluding carboxylic acids is 1. The van der Waals surface area contributed by atoms with Gasteiger partial charge in [0, 0.05) is 28.4 Å². The van der Waals surface area contributed by atoms with Gasteiger partial charge in [0.25, 0.3) is 0 Å². The fourth-order valence-corrected chi connectivity index (χ4v) is 4.09. The predicted molar refractivity (Wildman–Crippen MR) is 127 cm³/mol. The maximum atomic E-state index is 12.5. The summed E-state index contributed by atoms with van der Waals surface area (Å²) in [6.45, 7) is 0.394. The number of thioether (sulfide) groups is 1. The first-order valence-electron chi connectivity index (χ1n) is 9.94. The number of carbonyl (C=O) groups is 1. The second-order valence-electron chi connectivity index (χ2n) is 6.86. The minimum Gasteiger partial charge on any atom is -0.496 e. The molecule has 6 nitrogen and oxygen atoms in total. The Kier molecular flexibility index (Phi) is 7.09. The Bertz CT molecular complexity index is 1200. The molecule has 8 heteroatoms. The molecule has 32 heavy (non-hydrogen) atoms. The number of methoxy groups -OCH3 is 1. The first-order chi connectivity index (χ1) is 15.7. The second kappa shape index (κ2) is 10.3. The normalized spacial score (nSPS) is 10.7. The van der Waals surface area contributed by atoms with Gasteiger partial charge in [-0.3, -0.25) is 9.36 Å². The van der Waals surface area contributed by atoms with E-state index in [2.05, 4.69) is 15.5 Å². The maximum absolute atomic E-state index is 12.5. The average Bonchev–Trinajstić information content (AvgIpc) is 3.26. The zero-order valence-corrected chi connectivity index (χ0v) is 18.9. The van der Waals surface area contributed by atoms with E-state index >= 15 is 0 Å². The van der Waals surface area contributed by atoms with Gasteiger partial charge in [-0.2, -0.15) is 0 Å². The lowest BCUT2D eigenvalue weighted by Crippen LogP contribution is -2.25. The van der Waals surface area contributed by atoms with Crippen molar-refractivity contribution in [1.29, 1.82) is 0 Å². The van der Waals surface area contributed by atoms with Crippen molar-refractivity contribution in [3.8, 4) is 22.8 Å². The van der Waals surface area contributed by atoms with Crippen LogP contribution in [0.2, 0.25) is 5.02 Å². The molecule has 4 rings (SSSR count). The number of hydrogen-bond acceptors (Lipinski definition) is 5. The van der Waals surface area contributed by atoms with Crippen LogP contribution in [0.5, 0.6) is 5.75 Å². The standard InChI is InChI=1S/C24H21ClN4O2S/c1-31-21-10-6-5-7-18(21)15-26-22(30)16-32-24-28-27-23(17-11-13-19(25)14-12-17)29(24)20-8-3-2-4-9-20/h2-14H,15-16H2,1H3,(H,26,30). The molecule has 0 fully saturated rings. The number of ether oxygens (including phenoxy) is 1. The molecule has 162 valence electrons. The molecule has 0 saturated carbocycles. The molecular formula is C24H21ClN4O2S. The summed E-state index contributed by atoms with van der Waals surface area (Å²) in [4.78, 5) is 12.5. The fourth-order valence-electron chi connectivity index (χ4n) is 3.18. The molecule has 0 spiro atoms. The molecule has 0 atom stereocenters. The molecule has 1 N–H and O–H groups in total. The number of nitrogens with zero attached hydrogens (tertiary/aromatic N) is 3. The summed E-state index contributed by atoms with van der Waals surface area (Å²) in [5.41, 5.74) is 2.73. The number of benzene rings is 3. The van der Waals surface area contributed by atoms with E-state index in [1.807, 2.05) is 83.4 Å². The van der Waals surface area contributed by atoms with E-state index in [-0.39, 0.29) is 11.7 Å². The molecule has 0 bridgehead atoms. The van der Waals surface area contributed by atoms with E-state index in [1.165, 1.54) is 11.8 Å². The molecule has 0 aliphatic carbocycles. The van der Waals surface area contributed by atoms with Crippen LogP contribution in [0.15, 0.2) is 84.0 Å². The first-order valence-corrected chi connectivity index (χ1v) is 11.3. The summed E-state index contributed by atoms with van der Waals surface area (Å²) in [6.07, 6.45) is 0. The number of nitrogens with one attached hydrogen (secondary N) is 1. The predicted octanol–water partition coefficient (Wildman–Crippen LogP) is 5.00. The minimum absolute atomic E-state index is 0.100. The average molecular weight is 465 g/mol. The van der Waals surface area contributed by atoms with Crippen LogP contribution in [0.25, 0.3) is 17.1 Å². The highest BCUT2D eigenvalue weighted by atomic mass is 35.5. The summed E-state index contributed by atoms with van der Waals surface area (Å²) < 4.78 is 7.28. The molecule has 0 saturated heterocycles. The molecule has 1 heterocycles. The molecule has 0 unspecified atom stereocenters. The van der Waals surface area contributed by atoms with Gasteiger partial charge < -0.3 is 10.1 Å². The second-order valence-corrected chi connectivity index (χ2v) is 8.24. The third-order valence-corrected chi connectivity index (χ3v) is 5.93. The Morgan fingerprint density at radius 3 is 2.47 bits per heavy atom. The van der Waals surface area contributed by atoms with Crippen molar-refractivity contribution < 1.29 is 9.53 Å². The Morgan fingerprint density at radius 2 is 1.72 bits per heavy atom. The zero-order valence-electron chi connectivity index (χ0n) is 17.4. The van der Waals surface area contributed by atoms with Gasteiger partial charge in [-0.15, -0.1) is 10.2 Å². The monoisotopic (exact) mass is 464 g/mol. The topological polar surface area (TPSA) is 69.0 Å². The Morgan fingerprint density at radius 1 is 1.00 bits per heavy atom. The van der Waals surface area contributed by atoms with Crippen LogP contribution in [-0.4, -0.2) is 33.5 Å². The van der Waals surface area contributed by atoms with Crippen molar-refractivity contribution >= 4 is 29.3 Å². The summed E-state index contributed by atoms with van der Waals surface area (Å²) in [5.74, 6) is 1.54. The van der Waals surface area contributed by atoms with Crippen LogP contribution < -0.4 is 10.1 Å². The van der Waals surface area contributed by atoms with Gasteiger partial charge >= 0.3 is 0 Å². The van der Waals surface area contributed by atoms with Crippen LogP contribution in [0.1, 0.15) is 5.56 Å². The fraction of sp³-hybridized carbons (Fsp3) is 0.125. The van der Waals surface area contributed by atoms with Gasteiger partial charge in [0.05, 0.1) is 12.9 Å². The van der Waals surface area contributed by atoms with Crippen LogP contribution in [-0.2, 0) is 11.3 Å². The highest BCUT2D eigenvalue weighted by Gasteiger charge is 2.17. The Hall–Kier alpha value is -3.29. The molecule has 3 aromatic carbocycles. The van der Waals surface area contributed by atoms with Gasteiger partial charge in [0.2, 0.25) is 5.91 Å². The summed E-state index contributed by atoms with van der Waals surface area (Å²) in [7, 11) is 1.62. The lowest BCUT2D eigenvalue weighted by atomic mass is 10.2. The molecular weight excluding hydrogens is 444 g/mol. The van der Waals surface area contributed by atoms with Crippen LogP contribution in [0, 0.1) is 0 Å². The quantitative estimate of drug-likeness (QED) is 0.371. The largest absolute Gasteiger partial charge is 0.496 e. The third-order valence-electron chi connectivity index (χ3n) is 4.75. The molecule has 0 aliphatic rings. The number of amides is 1. The molecule has 4 aromatic rings. The number of para-hydroxylation sites is 2. The van der Waals surface area contributed by atoms with Gasteiger partial charge in [-0.1, -0.05) is 59.8 Å². The Labute approximate surface area is 195 Å². The van der Waals surface area contributed by atoms with E-state index in [0.717, 1.165) is 22.6 Å². The Balaban J connectivity index is 1.51. The number of aromatic nitrogens is 3. The SMILES string of the molecule is COc1ccccc1CNC(=O)CSc1nnc(-c2ccc(Cl)cc2)n1-c1ccccc1. The smallest absolute Gasteiger partial charge is 0.230 e. The van der Waals surface area contributed by atoms with E-state index in [1.54, 1.807) is 7.11 Å². The minimum atomic E-state index is -0.100. The van der Waals surface area contributed by atoms with Gasteiger partial charge in [-0.05, 0) is 42.5 Å². The van der Waals surface area contributed by atoms with E-state index < -0.39 is 0 Å². The third kappa shape index (κ3) is 5.12. The maximum Gasteiger partial charge on any atom is 0.230 e. The number of halogens is 1. The summed E-state index contributed by atoms with van der Waals surface area (Å²) >= 11 is 7.37. The highest BCUT2D eigenvalue weighted by molar-refractivity contribution is 7.99. The molecule has 1 aromatic heterocycles. The van der Waals surface area contributed by atoms with Crippen LogP contribution in [0.3, 0.4) is 0 Å². The summed E-state index contributed by atoms with van der Waals surface area (Å²) in [5, 5.41) is 13.0. The number of rotatable bonds is 8. The number of hydrogen-bond donors (Lipinski definition) is 1. The van der Waals surface area contributed by atoms with Crippen molar-refractivity contribution in [2.24, 2.45) is 0 Å². The lowest BCUT2D eigenvalue weighted by Gasteiger charge is -2.11. The molecule has 0 aliphatic heterocycles. The van der Waals surface area contributed by atoms with E-state index in [9.17, 15) is 4.79 Å². The van der Waals surface area contributed by atoms with Gasteiger partial charge in [-0.25, -0.2) is 0 Å². The first kappa shape index (κ1) is 21.9. The van der Waals surface area contributed by atoms with Crippen molar-refractivity contribution in [3.05, 3.63) is 89.4 Å². The molecule has 1 amide bonds. The van der Waals surface area contributed by atoms with Crippen LogP contribution in [0.4, 0.5) is 0 Å². The van der Waals surface area contributed by atoms with Crippen molar-refractivity contribution in [2.45, 2.75) is 11.7 Å².